The monoisotopic (exact) mass is 355 g/mol. The highest BCUT2D eigenvalue weighted by molar-refractivity contribution is 5.93. The number of nitrogens with two attached hydrogens (primary N) is 1. The van der Waals surface area contributed by atoms with Gasteiger partial charge in [-0.2, -0.15) is 0 Å². The van der Waals surface area contributed by atoms with E-state index in [0.29, 0.717) is 17.0 Å². The van der Waals surface area contributed by atoms with Crippen LogP contribution in [0.5, 0.6) is 5.75 Å². The molecule has 7 heteroatoms. The van der Waals surface area contributed by atoms with Gasteiger partial charge in [-0.15, -0.1) is 0 Å². The van der Waals surface area contributed by atoms with Gasteiger partial charge in [-0.05, 0) is 42.8 Å². The number of carbonyl (C=O) groups is 3. The number of benzene rings is 2. The molecule has 0 fully saturated rings. The van der Waals surface area contributed by atoms with E-state index in [0.717, 1.165) is 5.56 Å². The summed E-state index contributed by atoms with van der Waals surface area (Å²) in [6.07, 6.45) is 0. The van der Waals surface area contributed by atoms with Gasteiger partial charge in [0.15, 0.2) is 6.61 Å². The lowest BCUT2D eigenvalue weighted by Crippen LogP contribution is -2.31. The van der Waals surface area contributed by atoms with Crippen molar-refractivity contribution in [2.45, 2.75) is 19.9 Å². The van der Waals surface area contributed by atoms with E-state index >= 15 is 0 Å². The summed E-state index contributed by atoms with van der Waals surface area (Å²) in [7, 11) is 0. The second kappa shape index (κ2) is 8.66. The van der Waals surface area contributed by atoms with E-state index in [-0.39, 0.29) is 24.5 Å². The Labute approximate surface area is 151 Å². The highest BCUT2D eigenvalue weighted by Gasteiger charge is 2.11. The number of rotatable bonds is 7. The fourth-order valence-corrected chi connectivity index (χ4v) is 2.34. The summed E-state index contributed by atoms with van der Waals surface area (Å²) in [6.45, 7) is 3.07. The van der Waals surface area contributed by atoms with E-state index in [4.69, 9.17) is 10.5 Å². The zero-order valence-corrected chi connectivity index (χ0v) is 14.6. The molecule has 1 unspecified atom stereocenters. The molecule has 0 aliphatic heterocycles. The average Bonchev–Trinajstić information content (AvgIpc) is 2.60. The zero-order valence-electron chi connectivity index (χ0n) is 14.6. The quantitative estimate of drug-likeness (QED) is 0.705. The Hall–Kier alpha value is -3.35. The fraction of sp³-hybridized carbons (Fsp3) is 0.211. The first-order chi connectivity index (χ1) is 12.3. The normalized spacial score (nSPS) is 11.3. The molecule has 7 nitrogen and oxygen atoms in total. The molecule has 1 atom stereocenters. The largest absolute Gasteiger partial charge is 0.484 e. The van der Waals surface area contributed by atoms with E-state index < -0.39 is 5.91 Å². The van der Waals surface area contributed by atoms with Crippen molar-refractivity contribution in [1.82, 2.24) is 5.32 Å². The lowest BCUT2D eigenvalue weighted by atomic mass is 10.1. The van der Waals surface area contributed by atoms with E-state index in [1.54, 1.807) is 36.4 Å². The molecule has 2 aromatic carbocycles. The third-order valence-electron chi connectivity index (χ3n) is 3.57. The minimum Gasteiger partial charge on any atom is -0.484 e. The van der Waals surface area contributed by atoms with Crippen molar-refractivity contribution in [3.8, 4) is 5.75 Å². The van der Waals surface area contributed by atoms with Crippen molar-refractivity contribution in [3.05, 3.63) is 59.7 Å². The van der Waals surface area contributed by atoms with Crippen LogP contribution in [0.15, 0.2) is 48.5 Å². The zero-order chi connectivity index (χ0) is 19.1. The summed E-state index contributed by atoms with van der Waals surface area (Å²) in [6, 6.07) is 13.3. The summed E-state index contributed by atoms with van der Waals surface area (Å²) in [4.78, 5) is 34.4. The first-order valence-electron chi connectivity index (χ1n) is 8.04. The van der Waals surface area contributed by atoms with Crippen molar-refractivity contribution in [2.24, 2.45) is 5.73 Å². The highest BCUT2D eigenvalue weighted by atomic mass is 16.5. The fourth-order valence-electron chi connectivity index (χ4n) is 2.34. The molecule has 136 valence electrons. The Balaban J connectivity index is 1.92. The molecule has 2 rings (SSSR count). The van der Waals surface area contributed by atoms with Crippen LogP contribution in [0.25, 0.3) is 0 Å². The summed E-state index contributed by atoms with van der Waals surface area (Å²) in [5.74, 6) is -0.651. The molecule has 26 heavy (non-hydrogen) atoms. The van der Waals surface area contributed by atoms with Crippen LogP contribution in [0.3, 0.4) is 0 Å². The van der Waals surface area contributed by atoms with Crippen LogP contribution in [0.1, 0.15) is 35.8 Å². The maximum absolute atomic E-state index is 12.1. The number of hydrogen-bond acceptors (Lipinski definition) is 4. The van der Waals surface area contributed by atoms with Crippen molar-refractivity contribution in [2.75, 3.05) is 11.9 Å². The lowest BCUT2D eigenvalue weighted by Gasteiger charge is -2.16. The van der Waals surface area contributed by atoms with Gasteiger partial charge >= 0.3 is 0 Å². The number of nitrogens with one attached hydrogen (secondary N) is 2. The Morgan fingerprint density at radius 3 is 2.54 bits per heavy atom. The molecule has 0 radical (unpaired) electrons. The third-order valence-corrected chi connectivity index (χ3v) is 3.57. The van der Waals surface area contributed by atoms with Crippen LogP contribution < -0.4 is 21.1 Å². The van der Waals surface area contributed by atoms with Crippen LogP contribution in [0, 0.1) is 0 Å². The highest BCUT2D eigenvalue weighted by Crippen LogP contribution is 2.18. The molecule has 0 spiro atoms. The van der Waals surface area contributed by atoms with Crippen LogP contribution in [0.4, 0.5) is 5.69 Å². The second-order valence-corrected chi connectivity index (χ2v) is 5.78. The molecule has 3 amide bonds. The van der Waals surface area contributed by atoms with Gasteiger partial charge in [0.2, 0.25) is 11.8 Å². The molecule has 0 heterocycles. The van der Waals surface area contributed by atoms with Gasteiger partial charge in [-0.1, -0.05) is 18.2 Å². The first kappa shape index (κ1) is 19.0. The van der Waals surface area contributed by atoms with Gasteiger partial charge in [-0.3, -0.25) is 14.4 Å². The van der Waals surface area contributed by atoms with Gasteiger partial charge in [0.1, 0.15) is 5.75 Å². The Kier molecular flexibility index (Phi) is 6.32. The minimum absolute atomic E-state index is 0.162. The van der Waals surface area contributed by atoms with Gasteiger partial charge < -0.3 is 21.1 Å². The number of hydrogen-bond donors (Lipinski definition) is 3. The molecular weight excluding hydrogens is 334 g/mol. The van der Waals surface area contributed by atoms with Crippen molar-refractivity contribution in [3.63, 3.8) is 0 Å². The maximum atomic E-state index is 12.1. The summed E-state index contributed by atoms with van der Waals surface area (Å²) in [5.41, 5.74) is 7.03. The first-order valence-corrected chi connectivity index (χ1v) is 8.04. The van der Waals surface area contributed by atoms with E-state index in [2.05, 4.69) is 10.6 Å². The Morgan fingerprint density at radius 1 is 1.12 bits per heavy atom. The number of ether oxygens (including phenoxy) is 1. The number of carbonyl (C=O) groups excluding carboxylic acids is 3. The molecule has 0 aliphatic carbocycles. The summed E-state index contributed by atoms with van der Waals surface area (Å²) >= 11 is 0. The topological polar surface area (TPSA) is 111 Å². The van der Waals surface area contributed by atoms with Gasteiger partial charge in [0.25, 0.3) is 5.91 Å². The molecule has 2 aromatic rings. The van der Waals surface area contributed by atoms with Crippen LogP contribution in [0.2, 0.25) is 0 Å². The number of amides is 3. The van der Waals surface area contributed by atoms with Crippen molar-refractivity contribution in [1.29, 1.82) is 0 Å². The van der Waals surface area contributed by atoms with E-state index in [9.17, 15) is 14.4 Å². The predicted octanol–water partition coefficient (Wildman–Crippen LogP) is 2.00. The Morgan fingerprint density at radius 2 is 1.85 bits per heavy atom. The van der Waals surface area contributed by atoms with E-state index in [1.807, 2.05) is 13.0 Å². The summed E-state index contributed by atoms with van der Waals surface area (Å²) < 4.78 is 5.39. The van der Waals surface area contributed by atoms with Gasteiger partial charge in [-0.25, -0.2) is 0 Å². The lowest BCUT2D eigenvalue weighted by molar-refractivity contribution is -0.123. The second-order valence-electron chi connectivity index (χ2n) is 5.78. The summed E-state index contributed by atoms with van der Waals surface area (Å²) in [5, 5.41) is 5.52. The van der Waals surface area contributed by atoms with Gasteiger partial charge in [0.05, 0.1) is 6.04 Å². The molecule has 4 N–H and O–H groups in total. The smallest absolute Gasteiger partial charge is 0.258 e. The SMILES string of the molecule is CC(=O)Nc1cccc(C(C)NC(=O)COc2cccc(C(N)=O)c2)c1. The van der Waals surface area contributed by atoms with Gasteiger partial charge in [0, 0.05) is 18.2 Å². The molecular formula is C19H21N3O4. The molecule has 0 bridgehead atoms. The van der Waals surface area contributed by atoms with Crippen LogP contribution >= 0.6 is 0 Å². The minimum atomic E-state index is -0.562. The molecule has 0 saturated heterocycles. The van der Waals surface area contributed by atoms with E-state index in [1.165, 1.54) is 13.0 Å². The standard InChI is InChI=1S/C19H21N3O4/c1-12(14-5-3-7-16(9-14)22-13(2)23)21-18(24)11-26-17-8-4-6-15(10-17)19(20)25/h3-10,12H,11H2,1-2H3,(H2,20,25)(H,21,24)(H,22,23). The van der Waals surface area contributed by atoms with Crippen molar-refractivity contribution >= 4 is 23.4 Å². The molecule has 0 saturated carbocycles. The predicted molar refractivity (Wildman–Crippen MR) is 97.8 cm³/mol. The molecule has 0 aromatic heterocycles. The van der Waals surface area contributed by atoms with Crippen molar-refractivity contribution < 1.29 is 19.1 Å². The van der Waals surface area contributed by atoms with Crippen LogP contribution in [-0.4, -0.2) is 24.3 Å². The maximum Gasteiger partial charge on any atom is 0.258 e. The average molecular weight is 355 g/mol. The molecule has 0 aliphatic rings. The number of anilines is 1. The number of primary amides is 1. The third kappa shape index (κ3) is 5.62. The van der Waals surface area contributed by atoms with Crippen LogP contribution in [-0.2, 0) is 9.59 Å². The Bertz CT molecular complexity index is 820.